The maximum absolute atomic E-state index is 8.75. The SMILES string of the molecule is [2H]C([2H])([2H])c1c[c-]c(-c2nc3ccncc3n2-c2ccccc2)c2sc3ccccc3c12.[2H]C([2H])(c1cc(-c2[c-]cccc2)ncc1[Si](C)(C)C)C(C)(C)C.[Ir]. The molecule has 4 aromatic carbocycles. The number of fused-ring (bicyclic) bond motifs is 4. The van der Waals surface area contributed by atoms with Gasteiger partial charge in [0, 0.05) is 49.7 Å². The summed E-state index contributed by atoms with van der Waals surface area (Å²) in [4.78, 5) is 13.8. The molecule has 0 aliphatic carbocycles. The molecule has 0 aliphatic rings. The summed E-state index contributed by atoms with van der Waals surface area (Å²) in [6.45, 7) is 10.3. The second-order valence-electron chi connectivity index (χ2n) is 14.4. The van der Waals surface area contributed by atoms with Gasteiger partial charge in [0.15, 0.2) is 0 Å². The molecule has 0 spiro atoms. The number of aryl methyl sites for hydroxylation is 1. The Hall–Kier alpha value is -4.26. The number of pyridine rings is 2. The fraction of sp³-hybridized carbons (Fsp3) is 0.205. The first kappa shape index (κ1) is 30.4. The van der Waals surface area contributed by atoms with Crippen LogP contribution in [0.1, 0.15) is 38.8 Å². The molecule has 4 nitrogen and oxygen atoms in total. The third-order valence-electron chi connectivity index (χ3n) is 8.35. The molecular formula is C44H42IrN4SSi-2. The minimum Gasteiger partial charge on any atom is -0.332 e. The van der Waals surface area contributed by atoms with Gasteiger partial charge in [-0.1, -0.05) is 106 Å². The topological polar surface area (TPSA) is 43.6 Å². The molecule has 7 heteroatoms. The molecule has 259 valence electrons. The molecule has 1 radical (unpaired) electrons. The molecule has 0 unspecified atom stereocenters. The van der Waals surface area contributed by atoms with Crippen LogP contribution in [0.25, 0.3) is 59.5 Å². The van der Waals surface area contributed by atoms with Crippen molar-refractivity contribution in [3.05, 3.63) is 139 Å². The largest absolute Gasteiger partial charge is 0.332 e. The van der Waals surface area contributed by atoms with Crippen LogP contribution in [0.2, 0.25) is 19.6 Å². The van der Waals surface area contributed by atoms with Gasteiger partial charge in [0.05, 0.1) is 31.1 Å². The summed E-state index contributed by atoms with van der Waals surface area (Å²) in [5.41, 5.74) is 5.76. The van der Waals surface area contributed by atoms with E-state index >= 15 is 0 Å². The Labute approximate surface area is 327 Å². The van der Waals surface area contributed by atoms with Crippen molar-refractivity contribution < 1.29 is 27.0 Å². The quantitative estimate of drug-likeness (QED) is 0.128. The van der Waals surface area contributed by atoms with Crippen LogP contribution < -0.4 is 5.19 Å². The fourth-order valence-corrected chi connectivity index (χ4v) is 8.74. The predicted molar refractivity (Wildman–Crippen MR) is 215 cm³/mol. The first-order chi connectivity index (χ1) is 26.0. The van der Waals surface area contributed by atoms with Crippen molar-refractivity contribution in [3.63, 3.8) is 0 Å². The number of nitrogens with zero attached hydrogens (tertiary/aromatic N) is 4. The Balaban J connectivity index is 0.000000198. The number of hydrogen-bond acceptors (Lipinski definition) is 4. The van der Waals surface area contributed by atoms with Crippen molar-refractivity contribution in [3.8, 4) is 28.3 Å². The molecule has 0 fully saturated rings. The van der Waals surface area contributed by atoms with E-state index in [2.05, 4.69) is 46.3 Å². The summed E-state index contributed by atoms with van der Waals surface area (Å²) in [5.74, 6) is 0.716. The summed E-state index contributed by atoms with van der Waals surface area (Å²) < 4.78 is 45.8. The molecular weight excluding hydrogens is 837 g/mol. The van der Waals surface area contributed by atoms with Crippen molar-refractivity contribution in [2.24, 2.45) is 5.41 Å². The number of imidazole rings is 1. The molecule has 0 saturated heterocycles. The first-order valence-electron chi connectivity index (χ1n) is 19.2. The standard InChI is InChI=1S/C25H16N3S.C19H26NSi.Ir/c1-16-11-12-19(24-23(16)18-9-5-6-10-22(18)29-24)25-27-20-13-14-26-15-21(20)28(25)17-7-3-2-4-8-17;1-19(2,3)13-16-12-17(15-10-8-7-9-11-15)20-14-18(16)21(4,5)6;/h2-11,13-15H,1H3;7-10,12,14H,13H2,1-6H3;/q2*-1;/i1D3;13D2;. The Morgan fingerprint density at radius 2 is 1.69 bits per heavy atom. The zero-order valence-corrected chi connectivity index (χ0v) is 33.7. The second kappa shape index (κ2) is 14.8. The van der Waals surface area contributed by atoms with Crippen molar-refractivity contribution in [2.75, 3.05) is 0 Å². The van der Waals surface area contributed by atoms with E-state index in [4.69, 9.17) is 11.8 Å². The van der Waals surface area contributed by atoms with Crippen LogP contribution >= 0.6 is 11.3 Å². The zero-order valence-electron chi connectivity index (χ0n) is 34.5. The zero-order chi connectivity index (χ0) is 39.3. The third kappa shape index (κ3) is 7.68. The van der Waals surface area contributed by atoms with E-state index in [1.807, 2.05) is 118 Å². The van der Waals surface area contributed by atoms with E-state index in [0.29, 0.717) is 11.4 Å². The minimum atomic E-state index is -2.24. The Morgan fingerprint density at radius 1 is 0.922 bits per heavy atom. The van der Waals surface area contributed by atoms with Gasteiger partial charge in [-0.2, -0.15) is 11.3 Å². The van der Waals surface area contributed by atoms with Crippen LogP contribution in [0.15, 0.2) is 116 Å². The van der Waals surface area contributed by atoms with Crippen molar-refractivity contribution in [1.82, 2.24) is 19.5 Å². The maximum Gasteiger partial charge on any atom is 0.0822 e. The van der Waals surface area contributed by atoms with Gasteiger partial charge in [-0.25, -0.2) is 0 Å². The third-order valence-corrected chi connectivity index (χ3v) is 11.6. The summed E-state index contributed by atoms with van der Waals surface area (Å²) in [5, 5.41) is 2.79. The smallest absolute Gasteiger partial charge is 0.0822 e. The van der Waals surface area contributed by atoms with Gasteiger partial charge in [-0.05, 0) is 57.0 Å². The molecule has 51 heavy (non-hydrogen) atoms. The van der Waals surface area contributed by atoms with E-state index < -0.39 is 26.7 Å². The summed E-state index contributed by atoms with van der Waals surface area (Å²) in [6.07, 6.45) is 4.00. The monoisotopic (exact) mass is 884 g/mol. The summed E-state index contributed by atoms with van der Waals surface area (Å²) in [7, 11) is -1.70. The number of hydrogen-bond donors (Lipinski definition) is 0. The number of thiophene rings is 1. The van der Waals surface area contributed by atoms with Crippen molar-refractivity contribution in [2.45, 2.75) is 53.6 Å². The number of benzene rings is 4. The van der Waals surface area contributed by atoms with E-state index in [1.54, 1.807) is 29.8 Å². The van der Waals surface area contributed by atoms with Gasteiger partial charge >= 0.3 is 0 Å². The molecule has 0 amide bonds. The number of rotatable bonds is 5. The average molecular weight is 884 g/mol. The van der Waals surface area contributed by atoms with E-state index in [-0.39, 0.29) is 20.1 Å². The molecule has 8 aromatic rings. The van der Waals surface area contributed by atoms with Gasteiger partial charge in [0.25, 0.3) is 0 Å². The minimum absolute atomic E-state index is 0. The molecule has 0 bridgehead atoms. The fourth-order valence-electron chi connectivity index (χ4n) is 6.13. The molecule has 4 aromatic heterocycles. The van der Waals surface area contributed by atoms with Crippen LogP contribution in [0.3, 0.4) is 0 Å². The molecule has 0 saturated carbocycles. The van der Waals surface area contributed by atoms with Crippen LogP contribution in [-0.2, 0) is 26.5 Å². The van der Waals surface area contributed by atoms with Gasteiger partial charge < -0.3 is 9.55 Å². The van der Waals surface area contributed by atoms with Gasteiger partial charge in [0.2, 0.25) is 0 Å². The summed E-state index contributed by atoms with van der Waals surface area (Å²) in [6, 6.07) is 37.5. The van der Waals surface area contributed by atoms with Crippen LogP contribution in [0.5, 0.6) is 0 Å². The second-order valence-corrected chi connectivity index (χ2v) is 20.5. The normalized spacial score (nSPS) is 13.7. The van der Waals surface area contributed by atoms with Crippen molar-refractivity contribution in [1.29, 1.82) is 0 Å². The Morgan fingerprint density at radius 3 is 2.41 bits per heavy atom. The van der Waals surface area contributed by atoms with Gasteiger partial charge in [-0.15, -0.1) is 53.6 Å². The molecule has 0 atom stereocenters. The Kier molecular flexibility index (Phi) is 8.79. The van der Waals surface area contributed by atoms with Crippen molar-refractivity contribution >= 4 is 55.8 Å². The van der Waals surface area contributed by atoms with E-state index in [1.165, 1.54) is 0 Å². The summed E-state index contributed by atoms with van der Waals surface area (Å²) >= 11 is 1.58. The van der Waals surface area contributed by atoms with E-state index in [0.717, 1.165) is 64.5 Å². The predicted octanol–water partition coefficient (Wildman–Crippen LogP) is 11.2. The van der Waals surface area contributed by atoms with E-state index in [9.17, 15) is 0 Å². The van der Waals surface area contributed by atoms with Gasteiger partial charge in [-0.3, -0.25) is 9.97 Å². The van der Waals surface area contributed by atoms with Crippen LogP contribution in [-0.4, -0.2) is 27.6 Å². The van der Waals surface area contributed by atoms with Crippen LogP contribution in [0, 0.1) is 24.4 Å². The Bertz CT molecular complexity index is 2650. The maximum atomic E-state index is 8.75. The molecule has 4 heterocycles. The molecule has 0 aliphatic heterocycles. The molecule has 0 N–H and O–H groups in total. The molecule has 8 rings (SSSR count). The number of para-hydroxylation sites is 1. The van der Waals surface area contributed by atoms with Gasteiger partial charge in [0.1, 0.15) is 0 Å². The average Bonchev–Trinajstić information content (AvgIpc) is 3.73. The first-order valence-corrected chi connectivity index (χ1v) is 21.0. The number of aromatic nitrogens is 4. The van der Waals surface area contributed by atoms with Crippen LogP contribution in [0.4, 0.5) is 0 Å².